The van der Waals surface area contributed by atoms with Crippen molar-refractivity contribution >= 4 is 11.8 Å². The third-order valence-corrected chi connectivity index (χ3v) is 5.65. The van der Waals surface area contributed by atoms with Crippen molar-refractivity contribution < 1.29 is 9.32 Å². The number of hydrogen-bond acceptors (Lipinski definition) is 5. The summed E-state index contributed by atoms with van der Waals surface area (Å²) in [6.45, 7) is 6.73. The van der Waals surface area contributed by atoms with Crippen molar-refractivity contribution in [2.45, 2.75) is 77.3 Å². The van der Waals surface area contributed by atoms with Crippen molar-refractivity contribution in [3.8, 4) is 0 Å². The summed E-state index contributed by atoms with van der Waals surface area (Å²) in [6.07, 6.45) is 8.29. The normalized spacial score (nSPS) is 20.7. The first-order chi connectivity index (χ1) is 13.0. The third-order valence-electron chi connectivity index (χ3n) is 5.65. The van der Waals surface area contributed by atoms with Crippen LogP contribution in [0.2, 0.25) is 0 Å². The van der Waals surface area contributed by atoms with E-state index in [9.17, 15) is 4.79 Å². The van der Waals surface area contributed by atoms with Gasteiger partial charge in [0.1, 0.15) is 11.9 Å². The Balaban J connectivity index is 1.51. The fraction of sp³-hybridized carbons (Fsp3) is 0.684. The minimum Gasteiger partial charge on any atom is -0.337 e. The van der Waals surface area contributed by atoms with E-state index < -0.39 is 0 Å². The summed E-state index contributed by atoms with van der Waals surface area (Å²) in [4.78, 5) is 19.4. The quantitative estimate of drug-likeness (QED) is 0.869. The van der Waals surface area contributed by atoms with Crippen LogP contribution in [0.4, 0.5) is 10.6 Å². The van der Waals surface area contributed by atoms with Gasteiger partial charge >= 0.3 is 6.03 Å². The summed E-state index contributed by atoms with van der Waals surface area (Å²) < 4.78 is 7.45. The minimum absolute atomic E-state index is 0.121. The molecule has 2 aliphatic rings. The fourth-order valence-corrected chi connectivity index (χ4v) is 4.09. The number of anilines is 1. The number of carbonyl (C=O) groups excluding carboxylic acids is 1. The fourth-order valence-electron chi connectivity index (χ4n) is 4.09. The largest absolute Gasteiger partial charge is 0.337 e. The summed E-state index contributed by atoms with van der Waals surface area (Å²) in [5, 5.41) is 11.7. The van der Waals surface area contributed by atoms with Crippen LogP contribution >= 0.6 is 0 Å². The number of likely N-dealkylation sites (tertiary alicyclic amines) is 1. The SMILES string of the molecule is Cc1cnn(C2CCCC2)c1NC(=O)N1CCC[C@H]1c1nc(C(C)C)no1. The molecule has 3 heterocycles. The second-order valence-corrected chi connectivity index (χ2v) is 7.99. The first-order valence-corrected chi connectivity index (χ1v) is 10.00. The molecule has 0 unspecified atom stereocenters. The average molecular weight is 372 g/mol. The number of aromatic nitrogens is 4. The van der Waals surface area contributed by atoms with Crippen molar-refractivity contribution in [3.63, 3.8) is 0 Å². The Morgan fingerprint density at radius 2 is 2.04 bits per heavy atom. The molecule has 0 radical (unpaired) electrons. The number of nitrogens with one attached hydrogen (secondary N) is 1. The lowest BCUT2D eigenvalue weighted by Gasteiger charge is -2.23. The highest BCUT2D eigenvalue weighted by atomic mass is 16.5. The predicted molar refractivity (Wildman–Crippen MR) is 101 cm³/mol. The van der Waals surface area contributed by atoms with Gasteiger partial charge in [-0.25, -0.2) is 9.48 Å². The van der Waals surface area contributed by atoms with E-state index in [2.05, 4.69) is 20.6 Å². The molecule has 1 saturated heterocycles. The standard InChI is InChI=1S/C19H28N6O2/c1-12(2)16-21-18(27-23-16)15-9-6-10-24(15)19(26)22-17-13(3)11-20-25(17)14-7-4-5-8-14/h11-12,14-15H,4-10H2,1-3H3,(H,22,26)/t15-/m0/s1. The van der Waals surface area contributed by atoms with Crippen LogP contribution in [0.3, 0.4) is 0 Å². The van der Waals surface area contributed by atoms with Gasteiger partial charge in [0.05, 0.1) is 12.2 Å². The molecule has 4 rings (SSSR count). The molecule has 1 saturated carbocycles. The number of carbonyl (C=O) groups is 1. The van der Waals surface area contributed by atoms with Gasteiger partial charge < -0.3 is 9.42 Å². The molecule has 0 spiro atoms. The summed E-state index contributed by atoms with van der Waals surface area (Å²) in [5.41, 5.74) is 0.992. The molecule has 2 aromatic rings. The molecular weight excluding hydrogens is 344 g/mol. The summed E-state index contributed by atoms with van der Waals surface area (Å²) in [7, 11) is 0. The van der Waals surface area contributed by atoms with E-state index in [4.69, 9.17) is 4.52 Å². The van der Waals surface area contributed by atoms with E-state index in [1.54, 1.807) is 0 Å². The van der Waals surface area contributed by atoms with Gasteiger partial charge in [0, 0.05) is 18.0 Å². The van der Waals surface area contributed by atoms with E-state index in [0.717, 1.165) is 37.1 Å². The second kappa shape index (κ2) is 7.32. The predicted octanol–water partition coefficient (Wildman–Crippen LogP) is 4.18. The molecule has 1 atom stereocenters. The lowest BCUT2D eigenvalue weighted by Crippen LogP contribution is -2.35. The van der Waals surface area contributed by atoms with E-state index >= 15 is 0 Å². The van der Waals surface area contributed by atoms with Gasteiger partial charge in [0.25, 0.3) is 0 Å². The molecule has 1 N–H and O–H groups in total. The van der Waals surface area contributed by atoms with Gasteiger partial charge in [-0.15, -0.1) is 0 Å². The molecule has 0 aromatic carbocycles. The maximum Gasteiger partial charge on any atom is 0.323 e. The molecule has 1 aliphatic heterocycles. The monoisotopic (exact) mass is 372 g/mol. The van der Waals surface area contributed by atoms with Crippen molar-refractivity contribution in [2.75, 3.05) is 11.9 Å². The summed E-state index contributed by atoms with van der Waals surface area (Å²) in [6, 6.07) is 0.103. The lowest BCUT2D eigenvalue weighted by molar-refractivity contribution is 0.193. The molecule has 8 heteroatoms. The number of amides is 2. The van der Waals surface area contributed by atoms with Crippen LogP contribution in [0, 0.1) is 6.92 Å². The van der Waals surface area contributed by atoms with Gasteiger partial charge in [0.15, 0.2) is 5.82 Å². The van der Waals surface area contributed by atoms with Crippen LogP contribution in [0.5, 0.6) is 0 Å². The Kier molecular flexibility index (Phi) is 4.88. The number of nitrogens with zero attached hydrogens (tertiary/aromatic N) is 5. The van der Waals surface area contributed by atoms with Crippen molar-refractivity contribution in [3.05, 3.63) is 23.5 Å². The van der Waals surface area contributed by atoms with Crippen molar-refractivity contribution in [1.29, 1.82) is 0 Å². The van der Waals surface area contributed by atoms with E-state index in [1.165, 1.54) is 12.8 Å². The van der Waals surface area contributed by atoms with Gasteiger partial charge in [-0.05, 0) is 32.6 Å². The minimum atomic E-state index is -0.159. The zero-order valence-electron chi connectivity index (χ0n) is 16.3. The van der Waals surface area contributed by atoms with Crippen LogP contribution in [-0.4, -0.2) is 37.4 Å². The first kappa shape index (κ1) is 18.0. The van der Waals surface area contributed by atoms with Gasteiger partial charge in [-0.1, -0.05) is 31.8 Å². The molecule has 146 valence electrons. The highest BCUT2D eigenvalue weighted by molar-refractivity contribution is 5.89. The van der Waals surface area contributed by atoms with Gasteiger partial charge in [0.2, 0.25) is 5.89 Å². The number of urea groups is 1. The Morgan fingerprint density at radius 1 is 1.26 bits per heavy atom. The zero-order chi connectivity index (χ0) is 19.0. The number of rotatable bonds is 4. The second-order valence-electron chi connectivity index (χ2n) is 7.99. The topological polar surface area (TPSA) is 89.1 Å². The van der Waals surface area contributed by atoms with Crippen LogP contribution < -0.4 is 5.32 Å². The summed E-state index contributed by atoms with van der Waals surface area (Å²) >= 11 is 0. The van der Waals surface area contributed by atoms with E-state index in [0.29, 0.717) is 24.3 Å². The van der Waals surface area contributed by atoms with E-state index in [1.807, 2.05) is 36.5 Å². The Bertz CT molecular complexity index is 805. The number of aryl methyl sites for hydroxylation is 1. The lowest BCUT2D eigenvalue weighted by atomic mass is 10.2. The Hall–Kier alpha value is -2.38. The molecule has 27 heavy (non-hydrogen) atoms. The summed E-state index contributed by atoms with van der Waals surface area (Å²) in [5.74, 6) is 2.24. The smallest absolute Gasteiger partial charge is 0.323 e. The molecular formula is C19H28N6O2. The molecule has 8 nitrogen and oxygen atoms in total. The Morgan fingerprint density at radius 3 is 2.74 bits per heavy atom. The zero-order valence-corrected chi connectivity index (χ0v) is 16.3. The van der Waals surface area contributed by atoms with Gasteiger partial charge in [-0.2, -0.15) is 10.1 Å². The molecule has 2 aromatic heterocycles. The molecule has 2 amide bonds. The van der Waals surface area contributed by atoms with Crippen LogP contribution in [-0.2, 0) is 0 Å². The van der Waals surface area contributed by atoms with Crippen LogP contribution in [0.25, 0.3) is 0 Å². The molecule has 0 bridgehead atoms. The Labute approximate surface area is 159 Å². The molecule has 2 fully saturated rings. The first-order valence-electron chi connectivity index (χ1n) is 10.00. The molecule has 1 aliphatic carbocycles. The van der Waals surface area contributed by atoms with Crippen molar-refractivity contribution in [2.24, 2.45) is 0 Å². The third kappa shape index (κ3) is 3.44. The average Bonchev–Trinajstić information content (AvgIpc) is 3.42. The maximum absolute atomic E-state index is 13.0. The highest BCUT2D eigenvalue weighted by Gasteiger charge is 2.35. The van der Waals surface area contributed by atoms with Crippen LogP contribution in [0.1, 0.15) is 87.7 Å². The van der Waals surface area contributed by atoms with E-state index in [-0.39, 0.29) is 18.0 Å². The highest BCUT2D eigenvalue weighted by Crippen LogP contribution is 2.34. The van der Waals surface area contributed by atoms with Crippen LogP contribution in [0.15, 0.2) is 10.7 Å². The van der Waals surface area contributed by atoms with Gasteiger partial charge in [-0.3, -0.25) is 5.32 Å². The number of hydrogen-bond donors (Lipinski definition) is 1. The van der Waals surface area contributed by atoms with Crippen molar-refractivity contribution in [1.82, 2.24) is 24.8 Å². The maximum atomic E-state index is 13.0.